The fourth-order valence-electron chi connectivity index (χ4n) is 2.43. The summed E-state index contributed by atoms with van der Waals surface area (Å²) in [4.78, 5) is 33.5. The summed E-state index contributed by atoms with van der Waals surface area (Å²) in [6.45, 7) is -0.217. The van der Waals surface area contributed by atoms with Crippen molar-refractivity contribution in [1.29, 1.82) is 0 Å². The van der Waals surface area contributed by atoms with E-state index in [-0.39, 0.29) is 25.3 Å². The summed E-state index contributed by atoms with van der Waals surface area (Å²) in [7, 11) is 0. The molecular formula is C20H19F3N4O4. The van der Waals surface area contributed by atoms with Crippen molar-refractivity contribution < 1.29 is 27.7 Å². The van der Waals surface area contributed by atoms with E-state index < -0.39 is 34.2 Å². The molecule has 2 aromatic carbocycles. The molecule has 8 nitrogen and oxygen atoms in total. The molecule has 0 unspecified atom stereocenters. The third-order valence-electron chi connectivity index (χ3n) is 3.93. The number of hydrogen-bond donors (Lipinski definition) is 3. The van der Waals surface area contributed by atoms with Crippen LogP contribution in [0.3, 0.4) is 0 Å². The third-order valence-corrected chi connectivity index (χ3v) is 3.93. The number of carbonyl (C=O) groups excluding carboxylic acids is 2. The first-order chi connectivity index (χ1) is 14.7. The van der Waals surface area contributed by atoms with Gasteiger partial charge in [-0.25, -0.2) is 0 Å². The lowest BCUT2D eigenvalue weighted by Gasteiger charge is -2.11. The van der Waals surface area contributed by atoms with Gasteiger partial charge in [0.05, 0.1) is 17.0 Å². The van der Waals surface area contributed by atoms with Gasteiger partial charge in [0.25, 0.3) is 5.69 Å². The number of rotatable bonds is 9. The van der Waals surface area contributed by atoms with Gasteiger partial charge in [0.1, 0.15) is 5.69 Å². The van der Waals surface area contributed by atoms with Crippen molar-refractivity contribution >= 4 is 29.3 Å². The molecule has 0 aliphatic heterocycles. The first-order valence-corrected chi connectivity index (χ1v) is 9.04. The Balaban J connectivity index is 1.76. The van der Waals surface area contributed by atoms with Crippen LogP contribution in [-0.2, 0) is 15.8 Å². The standard InChI is InChI=1S/C20H19F3N4O4/c21-20(22,23)15-7-8-16(17(12-15)27(30)31)24-10-11-25-19(29)13-26-18(28)9-6-14-4-2-1-3-5-14/h1-9,12,24H,10-11,13H2,(H,25,29)(H,26,28). The molecule has 0 aromatic heterocycles. The highest BCUT2D eigenvalue weighted by molar-refractivity contribution is 5.94. The summed E-state index contributed by atoms with van der Waals surface area (Å²) in [5.41, 5.74) is -1.13. The van der Waals surface area contributed by atoms with Gasteiger partial charge in [-0.1, -0.05) is 30.3 Å². The number of carbonyl (C=O) groups is 2. The number of nitro groups is 1. The van der Waals surface area contributed by atoms with Gasteiger partial charge < -0.3 is 16.0 Å². The Hall–Kier alpha value is -3.89. The molecule has 0 radical (unpaired) electrons. The highest BCUT2D eigenvalue weighted by atomic mass is 19.4. The Morgan fingerprint density at radius 2 is 1.74 bits per heavy atom. The lowest BCUT2D eigenvalue weighted by atomic mass is 10.1. The average molecular weight is 436 g/mol. The summed E-state index contributed by atoms with van der Waals surface area (Å²) in [5.74, 6) is -0.956. The van der Waals surface area contributed by atoms with Crippen LogP contribution in [0.2, 0.25) is 0 Å². The molecule has 31 heavy (non-hydrogen) atoms. The van der Waals surface area contributed by atoms with Gasteiger partial charge in [-0.2, -0.15) is 13.2 Å². The molecule has 0 aliphatic carbocycles. The minimum Gasteiger partial charge on any atom is -0.378 e. The fourth-order valence-corrected chi connectivity index (χ4v) is 2.43. The summed E-state index contributed by atoms with van der Waals surface area (Å²) in [6.07, 6.45) is -1.82. The maximum Gasteiger partial charge on any atom is 0.416 e. The van der Waals surface area contributed by atoms with E-state index in [1.807, 2.05) is 30.3 Å². The SMILES string of the molecule is O=C(C=Cc1ccccc1)NCC(=O)NCCNc1ccc(C(F)(F)F)cc1[N+](=O)[O-]. The molecule has 0 aliphatic rings. The maximum atomic E-state index is 12.7. The molecule has 0 heterocycles. The van der Waals surface area contributed by atoms with Crippen LogP contribution in [0, 0.1) is 10.1 Å². The van der Waals surface area contributed by atoms with E-state index in [0.29, 0.717) is 6.07 Å². The van der Waals surface area contributed by atoms with Crippen molar-refractivity contribution in [1.82, 2.24) is 10.6 Å². The largest absolute Gasteiger partial charge is 0.416 e. The molecular weight excluding hydrogens is 417 g/mol. The molecule has 2 amide bonds. The minimum atomic E-state index is -4.70. The van der Waals surface area contributed by atoms with E-state index in [0.717, 1.165) is 17.7 Å². The Morgan fingerprint density at radius 1 is 1.03 bits per heavy atom. The van der Waals surface area contributed by atoms with Crippen molar-refractivity contribution in [2.75, 3.05) is 25.0 Å². The summed E-state index contributed by atoms with van der Waals surface area (Å²) in [5, 5.41) is 18.5. The van der Waals surface area contributed by atoms with Crippen LogP contribution in [0.25, 0.3) is 6.08 Å². The predicted molar refractivity (Wildman–Crippen MR) is 108 cm³/mol. The van der Waals surface area contributed by atoms with Crippen LogP contribution in [0.15, 0.2) is 54.6 Å². The molecule has 0 atom stereocenters. The summed E-state index contributed by atoms with van der Waals surface area (Å²) < 4.78 is 38.1. The van der Waals surface area contributed by atoms with Gasteiger partial charge in [0.15, 0.2) is 0 Å². The average Bonchev–Trinajstić information content (AvgIpc) is 2.73. The number of alkyl halides is 3. The topological polar surface area (TPSA) is 113 Å². The van der Waals surface area contributed by atoms with E-state index in [2.05, 4.69) is 16.0 Å². The van der Waals surface area contributed by atoms with Crippen molar-refractivity contribution in [3.05, 3.63) is 75.8 Å². The Bertz CT molecular complexity index is 963. The van der Waals surface area contributed by atoms with E-state index in [1.165, 1.54) is 6.08 Å². The first kappa shape index (κ1) is 23.4. The van der Waals surface area contributed by atoms with Crippen LogP contribution in [0.4, 0.5) is 24.5 Å². The van der Waals surface area contributed by atoms with Crippen molar-refractivity contribution in [3.8, 4) is 0 Å². The number of halogens is 3. The van der Waals surface area contributed by atoms with E-state index in [9.17, 15) is 32.9 Å². The zero-order chi connectivity index (χ0) is 22.9. The van der Waals surface area contributed by atoms with Gasteiger partial charge >= 0.3 is 6.18 Å². The van der Waals surface area contributed by atoms with Crippen LogP contribution in [0.1, 0.15) is 11.1 Å². The third kappa shape index (κ3) is 7.80. The molecule has 3 N–H and O–H groups in total. The lowest BCUT2D eigenvalue weighted by Crippen LogP contribution is -2.38. The van der Waals surface area contributed by atoms with Crippen molar-refractivity contribution in [2.45, 2.75) is 6.18 Å². The molecule has 11 heteroatoms. The van der Waals surface area contributed by atoms with Crippen molar-refractivity contribution in [2.24, 2.45) is 0 Å². The molecule has 164 valence electrons. The van der Waals surface area contributed by atoms with Gasteiger partial charge in [-0.15, -0.1) is 0 Å². The van der Waals surface area contributed by atoms with Gasteiger partial charge in [0.2, 0.25) is 11.8 Å². The zero-order valence-corrected chi connectivity index (χ0v) is 16.1. The van der Waals surface area contributed by atoms with Gasteiger partial charge in [-0.05, 0) is 23.8 Å². The predicted octanol–water partition coefficient (Wildman–Crippen LogP) is 2.97. The fraction of sp³-hybridized carbons (Fsp3) is 0.200. The van der Waals surface area contributed by atoms with Gasteiger partial charge in [0, 0.05) is 25.2 Å². The smallest absolute Gasteiger partial charge is 0.378 e. The number of hydrogen-bond acceptors (Lipinski definition) is 5. The second-order valence-corrected chi connectivity index (χ2v) is 6.23. The monoisotopic (exact) mass is 436 g/mol. The molecule has 0 fully saturated rings. The number of nitrogens with zero attached hydrogens (tertiary/aromatic N) is 1. The lowest BCUT2D eigenvalue weighted by molar-refractivity contribution is -0.384. The number of amides is 2. The molecule has 0 saturated heterocycles. The van der Waals surface area contributed by atoms with E-state index in [4.69, 9.17) is 0 Å². The van der Waals surface area contributed by atoms with Crippen molar-refractivity contribution in [3.63, 3.8) is 0 Å². The second kappa shape index (κ2) is 10.8. The minimum absolute atomic E-state index is 0.0276. The molecule has 0 saturated carbocycles. The second-order valence-electron chi connectivity index (χ2n) is 6.23. The van der Waals surface area contributed by atoms with Crippen LogP contribution in [-0.4, -0.2) is 36.4 Å². The molecule has 0 bridgehead atoms. The summed E-state index contributed by atoms with van der Waals surface area (Å²) >= 11 is 0. The van der Waals surface area contributed by atoms with Crippen LogP contribution in [0.5, 0.6) is 0 Å². The number of benzene rings is 2. The normalized spacial score (nSPS) is 11.2. The molecule has 2 rings (SSSR count). The van der Waals surface area contributed by atoms with Crippen LogP contribution >= 0.6 is 0 Å². The van der Waals surface area contributed by atoms with E-state index in [1.54, 1.807) is 6.08 Å². The first-order valence-electron chi connectivity index (χ1n) is 9.04. The summed E-state index contributed by atoms with van der Waals surface area (Å²) in [6, 6.07) is 11.2. The van der Waals surface area contributed by atoms with E-state index >= 15 is 0 Å². The highest BCUT2D eigenvalue weighted by Crippen LogP contribution is 2.34. The highest BCUT2D eigenvalue weighted by Gasteiger charge is 2.32. The quantitative estimate of drug-likeness (QED) is 0.242. The number of anilines is 1. The Labute approximate surface area is 175 Å². The maximum absolute atomic E-state index is 12.7. The number of nitrogens with one attached hydrogen (secondary N) is 3. The Morgan fingerprint density at radius 3 is 2.39 bits per heavy atom. The number of nitro benzene ring substituents is 1. The van der Waals surface area contributed by atoms with Crippen LogP contribution < -0.4 is 16.0 Å². The molecule has 0 spiro atoms. The Kier molecular flexibility index (Phi) is 8.12. The van der Waals surface area contributed by atoms with Gasteiger partial charge in [-0.3, -0.25) is 19.7 Å². The zero-order valence-electron chi connectivity index (χ0n) is 16.1. The molecule has 2 aromatic rings.